The highest BCUT2D eigenvalue weighted by Gasteiger charge is 2.11. The number of hydrogen-bond donors (Lipinski definition) is 2. The monoisotopic (exact) mass is 295 g/mol. The van der Waals surface area contributed by atoms with Crippen LogP contribution in [0.4, 0.5) is 20.2 Å². The maximum atomic E-state index is 12.3. The Kier molecular flexibility index (Phi) is 4.41. The lowest BCUT2D eigenvalue weighted by atomic mass is 10.2. The van der Waals surface area contributed by atoms with Gasteiger partial charge in [-0.05, 0) is 24.3 Å². The van der Waals surface area contributed by atoms with Crippen molar-refractivity contribution in [3.05, 3.63) is 48.3 Å². The minimum Gasteiger partial charge on any atom is -0.433 e. The fourth-order valence-electron chi connectivity index (χ4n) is 1.62. The van der Waals surface area contributed by atoms with Crippen LogP contribution in [0.3, 0.4) is 0 Å². The second-order valence-electron chi connectivity index (χ2n) is 3.76. The molecule has 4 nitrogen and oxygen atoms in total. The number of nitrogens with one attached hydrogen (secondary N) is 1. The number of ether oxygens (including phenoxy) is 1. The summed E-state index contributed by atoms with van der Waals surface area (Å²) < 4.78 is 29.1. The Morgan fingerprint density at radius 3 is 2.60 bits per heavy atom. The van der Waals surface area contributed by atoms with Crippen molar-refractivity contribution in [3.8, 4) is 5.75 Å². The topological polar surface area (TPSA) is 60.2 Å². The minimum absolute atomic E-state index is 0.0280. The highest BCUT2D eigenvalue weighted by Crippen LogP contribution is 2.29. The van der Waals surface area contributed by atoms with Gasteiger partial charge < -0.3 is 15.8 Å². The van der Waals surface area contributed by atoms with Crippen LogP contribution in [0.5, 0.6) is 5.75 Å². The molecule has 1 aromatic heterocycles. The Labute approximate surface area is 119 Å². The Balaban J connectivity index is 2.33. The SMILES string of the molecule is NC(=S)c1ncccc1Nc1ccccc1OC(F)F. The van der Waals surface area contributed by atoms with Gasteiger partial charge in [0.25, 0.3) is 0 Å². The zero-order valence-electron chi connectivity index (χ0n) is 10.2. The smallest absolute Gasteiger partial charge is 0.387 e. The standard InChI is InChI=1S/C13H11F2N3OS/c14-13(15)19-10-6-2-1-4-8(10)18-9-5-3-7-17-11(9)12(16)20/h1-7,13,18H,(H2,16,20). The Bertz CT molecular complexity index is 622. The van der Waals surface area contributed by atoms with E-state index in [0.29, 0.717) is 17.1 Å². The van der Waals surface area contributed by atoms with Crippen molar-refractivity contribution in [1.29, 1.82) is 0 Å². The van der Waals surface area contributed by atoms with Gasteiger partial charge in [0.05, 0.1) is 11.4 Å². The Morgan fingerprint density at radius 2 is 1.90 bits per heavy atom. The molecule has 0 aliphatic rings. The molecule has 1 aromatic carbocycles. The number of para-hydroxylation sites is 2. The summed E-state index contributed by atoms with van der Waals surface area (Å²) in [4.78, 5) is 4.16. The molecular weight excluding hydrogens is 284 g/mol. The van der Waals surface area contributed by atoms with Crippen molar-refractivity contribution >= 4 is 28.6 Å². The predicted molar refractivity (Wildman–Crippen MR) is 76.5 cm³/mol. The van der Waals surface area contributed by atoms with Gasteiger partial charge >= 0.3 is 6.61 Å². The molecule has 1 heterocycles. The van der Waals surface area contributed by atoms with Crippen LogP contribution in [-0.4, -0.2) is 16.6 Å². The molecular formula is C13H11F2N3OS. The fraction of sp³-hybridized carbons (Fsp3) is 0.0769. The highest BCUT2D eigenvalue weighted by atomic mass is 32.1. The molecule has 0 radical (unpaired) electrons. The second kappa shape index (κ2) is 6.25. The first kappa shape index (κ1) is 14.1. The van der Waals surface area contributed by atoms with E-state index in [1.807, 2.05) is 0 Å². The lowest BCUT2D eigenvalue weighted by Gasteiger charge is -2.14. The van der Waals surface area contributed by atoms with Gasteiger partial charge in [-0.25, -0.2) is 0 Å². The number of nitrogens with two attached hydrogens (primary N) is 1. The molecule has 0 saturated heterocycles. The molecule has 0 amide bonds. The molecule has 0 saturated carbocycles. The minimum atomic E-state index is -2.90. The third-order valence-corrected chi connectivity index (χ3v) is 2.61. The maximum Gasteiger partial charge on any atom is 0.387 e. The van der Waals surface area contributed by atoms with Gasteiger partial charge in [-0.1, -0.05) is 24.4 Å². The molecule has 0 fully saturated rings. The van der Waals surface area contributed by atoms with E-state index in [-0.39, 0.29) is 10.7 Å². The van der Waals surface area contributed by atoms with E-state index >= 15 is 0 Å². The number of nitrogens with zero attached hydrogens (tertiary/aromatic N) is 1. The van der Waals surface area contributed by atoms with Crippen LogP contribution in [0.2, 0.25) is 0 Å². The van der Waals surface area contributed by atoms with Crippen molar-refractivity contribution in [2.75, 3.05) is 5.32 Å². The summed E-state index contributed by atoms with van der Waals surface area (Å²) in [6.07, 6.45) is 1.54. The fourth-order valence-corrected chi connectivity index (χ4v) is 1.78. The van der Waals surface area contributed by atoms with Crippen LogP contribution in [0.1, 0.15) is 5.69 Å². The molecule has 2 aromatic rings. The van der Waals surface area contributed by atoms with Crippen molar-refractivity contribution < 1.29 is 13.5 Å². The van der Waals surface area contributed by atoms with Crippen LogP contribution >= 0.6 is 12.2 Å². The molecule has 2 rings (SSSR count). The van der Waals surface area contributed by atoms with Crippen molar-refractivity contribution in [2.45, 2.75) is 6.61 Å². The van der Waals surface area contributed by atoms with E-state index in [2.05, 4.69) is 15.0 Å². The summed E-state index contributed by atoms with van der Waals surface area (Å²) in [5.41, 5.74) is 6.84. The summed E-state index contributed by atoms with van der Waals surface area (Å²) in [5.74, 6) is 0.0280. The summed E-state index contributed by atoms with van der Waals surface area (Å²) in [5, 5.41) is 2.94. The van der Waals surface area contributed by atoms with Crippen molar-refractivity contribution in [1.82, 2.24) is 4.98 Å². The van der Waals surface area contributed by atoms with Crippen molar-refractivity contribution in [3.63, 3.8) is 0 Å². The van der Waals surface area contributed by atoms with Gasteiger partial charge in [0.2, 0.25) is 0 Å². The first-order chi connectivity index (χ1) is 9.58. The van der Waals surface area contributed by atoms with E-state index in [1.165, 1.54) is 6.07 Å². The van der Waals surface area contributed by atoms with E-state index in [1.54, 1.807) is 36.5 Å². The lowest BCUT2D eigenvalue weighted by Crippen LogP contribution is -2.14. The van der Waals surface area contributed by atoms with E-state index in [9.17, 15) is 8.78 Å². The normalized spacial score (nSPS) is 10.3. The number of hydrogen-bond acceptors (Lipinski definition) is 4. The summed E-state index contributed by atoms with van der Waals surface area (Å²) in [6.45, 7) is -2.90. The molecule has 104 valence electrons. The molecule has 0 unspecified atom stereocenters. The van der Waals surface area contributed by atoms with Crippen LogP contribution in [0, 0.1) is 0 Å². The van der Waals surface area contributed by atoms with E-state index in [4.69, 9.17) is 18.0 Å². The number of benzene rings is 1. The van der Waals surface area contributed by atoms with Crippen LogP contribution in [0.25, 0.3) is 0 Å². The van der Waals surface area contributed by atoms with Crippen molar-refractivity contribution in [2.24, 2.45) is 5.73 Å². The average Bonchev–Trinajstić information content (AvgIpc) is 2.41. The number of pyridine rings is 1. The van der Waals surface area contributed by atoms with Gasteiger partial charge in [-0.3, -0.25) is 4.98 Å². The molecule has 0 bridgehead atoms. The zero-order valence-corrected chi connectivity index (χ0v) is 11.0. The van der Waals surface area contributed by atoms with Gasteiger partial charge in [-0.2, -0.15) is 8.78 Å². The predicted octanol–water partition coefficient (Wildman–Crippen LogP) is 3.06. The molecule has 20 heavy (non-hydrogen) atoms. The summed E-state index contributed by atoms with van der Waals surface area (Å²) >= 11 is 4.89. The third-order valence-electron chi connectivity index (χ3n) is 2.41. The number of aromatic nitrogens is 1. The summed E-state index contributed by atoms with van der Waals surface area (Å²) in [6, 6.07) is 9.71. The molecule has 0 aliphatic carbocycles. The quantitative estimate of drug-likeness (QED) is 0.830. The number of halogens is 2. The van der Waals surface area contributed by atoms with Gasteiger partial charge in [0, 0.05) is 6.20 Å². The van der Waals surface area contributed by atoms with Gasteiger partial charge in [0.1, 0.15) is 16.4 Å². The molecule has 0 atom stereocenters. The average molecular weight is 295 g/mol. The second-order valence-corrected chi connectivity index (χ2v) is 4.20. The maximum absolute atomic E-state index is 12.3. The first-order valence-electron chi connectivity index (χ1n) is 5.63. The molecule has 3 N–H and O–H groups in total. The Hall–Kier alpha value is -2.28. The molecule has 0 aliphatic heterocycles. The number of alkyl halides is 2. The highest BCUT2D eigenvalue weighted by molar-refractivity contribution is 7.80. The number of thiocarbonyl (C=S) groups is 1. The molecule has 0 spiro atoms. The summed E-state index contributed by atoms with van der Waals surface area (Å²) in [7, 11) is 0. The van der Waals surface area contributed by atoms with Crippen LogP contribution in [0.15, 0.2) is 42.6 Å². The van der Waals surface area contributed by atoms with Crippen LogP contribution < -0.4 is 15.8 Å². The zero-order chi connectivity index (χ0) is 14.5. The van der Waals surface area contributed by atoms with Crippen LogP contribution in [-0.2, 0) is 0 Å². The lowest BCUT2D eigenvalue weighted by molar-refractivity contribution is -0.0493. The first-order valence-corrected chi connectivity index (χ1v) is 6.04. The third kappa shape index (κ3) is 3.39. The Morgan fingerprint density at radius 1 is 1.20 bits per heavy atom. The van der Waals surface area contributed by atoms with E-state index < -0.39 is 6.61 Å². The van der Waals surface area contributed by atoms with Gasteiger partial charge in [-0.15, -0.1) is 0 Å². The molecule has 7 heteroatoms. The largest absolute Gasteiger partial charge is 0.433 e. The van der Waals surface area contributed by atoms with Gasteiger partial charge in [0.15, 0.2) is 0 Å². The number of rotatable bonds is 5. The number of anilines is 2. The van der Waals surface area contributed by atoms with E-state index in [0.717, 1.165) is 0 Å².